The fourth-order valence-electron chi connectivity index (χ4n) is 1.42. The summed E-state index contributed by atoms with van der Waals surface area (Å²) in [6.07, 6.45) is 6.09. The highest BCUT2D eigenvalue weighted by Gasteiger charge is 1.99. The van der Waals surface area contributed by atoms with Crippen molar-refractivity contribution in [3.63, 3.8) is 0 Å². The summed E-state index contributed by atoms with van der Waals surface area (Å²) >= 11 is 0. The number of rotatable bonds is 4. The molecule has 0 N–H and O–H groups in total. The Morgan fingerprint density at radius 2 is 2.07 bits per heavy atom. The monoisotopic (exact) mass is 203 g/mol. The number of hydrogen-bond donors (Lipinski definition) is 0. The normalized spacial score (nSPS) is 10.2. The standard InChI is InChI=1S/C12H15N2O/c1-13-7-8-14(11-13)9-10-15-12-5-3-2-4-6-12/h2-8,11H,9-10H2,1H3/q+1. The van der Waals surface area contributed by atoms with E-state index in [-0.39, 0.29) is 0 Å². The Hall–Kier alpha value is -1.77. The third kappa shape index (κ3) is 2.84. The lowest BCUT2D eigenvalue weighted by Crippen LogP contribution is -2.24. The molecule has 1 aromatic heterocycles. The van der Waals surface area contributed by atoms with Gasteiger partial charge in [0.05, 0.1) is 7.05 Å². The van der Waals surface area contributed by atoms with Gasteiger partial charge in [0.25, 0.3) is 0 Å². The van der Waals surface area contributed by atoms with Gasteiger partial charge in [-0.3, -0.25) is 0 Å². The topological polar surface area (TPSA) is 18.0 Å². The van der Waals surface area contributed by atoms with Gasteiger partial charge in [0.1, 0.15) is 31.3 Å². The second-order valence-corrected chi connectivity index (χ2v) is 3.48. The van der Waals surface area contributed by atoms with Crippen molar-refractivity contribution in [1.29, 1.82) is 0 Å². The Labute approximate surface area is 89.5 Å². The van der Waals surface area contributed by atoms with Crippen LogP contribution in [-0.2, 0) is 13.6 Å². The third-order valence-electron chi connectivity index (χ3n) is 2.19. The first kappa shape index (κ1) is 9.77. The van der Waals surface area contributed by atoms with Crippen LogP contribution >= 0.6 is 0 Å². The van der Waals surface area contributed by atoms with E-state index in [1.807, 2.05) is 60.7 Å². The number of benzene rings is 1. The maximum absolute atomic E-state index is 5.59. The molecule has 0 spiro atoms. The fourth-order valence-corrected chi connectivity index (χ4v) is 1.42. The van der Waals surface area contributed by atoms with Crippen molar-refractivity contribution in [2.45, 2.75) is 6.54 Å². The van der Waals surface area contributed by atoms with Crippen molar-refractivity contribution in [2.75, 3.05) is 6.61 Å². The fraction of sp³-hybridized carbons (Fsp3) is 0.250. The van der Waals surface area contributed by atoms with Gasteiger partial charge in [-0.05, 0) is 12.1 Å². The third-order valence-corrected chi connectivity index (χ3v) is 2.19. The van der Waals surface area contributed by atoms with E-state index >= 15 is 0 Å². The van der Waals surface area contributed by atoms with Crippen LogP contribution in [0.2, 0.25) is 0 Å². The van der Waals surface area contributed by atoms with E-state index in [1.165, 1.54) is 0 Å². The first-order valence-electron chi connectivity index (χ1n) is 5.03. The van der Waals surface area contributed by atoms with E-state index in [9.17, 15) is 0 Å². The lowest BCUT2D eigenvalue weighted by molar-refractivity contribution is -0.671. The van der Waals surface area contributed by atoms with Crippen LogP contribution < -0.4 is 9.30 Å². The highest BCUT2D eigenvalue weighted by Crippen LogP contribution is 2.07. The first-order valence-corrected chi connectivity index (χ1v) is 5.03. The molecule has 2 aromatic rings. The van der Waals surface area contributed by atoms with Crippen LogP contribution in [0.3, 0.4) is 0 Å². The minimum atomic E-state index is 0.693. The zero-order valence-corrected chi connectivity index (χ0v) is 8.84. The molecule has 0 unspecified atom stereocenters. The van der Waals surface area contributed by atoms with Crippen molar-refractivity contribution in [3.8, 4) is 5.75 Å². The Balaban J connectivity index is 1.80. The summed E-state index contributed by atoms with van der Waals surface area (Å²) in [5.41, 5.74) is 0. The molecule has 3 nitrogen and oxygen atoms in total. The van der Waals surface area contributed by atoms with Crippen molar-refractivity contribution >= 4 is 0 Å². The summed E-state index contributed by atoms with van der Waals surface area (Å²) in [5, 5.41) is 0. The maximum Gasteiger partial charge on any atom is 0.243 e. The molecule has 3 heteroatoms. The highest BCUT2D eigenvalue weighted by atomic mass is 16.5. The average molecular weight is 203 g/mol. The van der Waals surface area contributed by atoms with Crippen molar-refractivity contribution in [3.05, 3.63) is 49.1 Å². The molecule has 2 rings (SSSR count). The summed E-state index contributed by atoms with van der Waals surface area (Å²) in [6.45, 7) is 1.56. The van der Waals surface area contributed by atoms with E-state index in [1.54, 1.807) is 0 Å². The Bertz CT molecular complexity index is 409. The summed E-state index contributed by atoms with van der Waals surface area (Å²) in [6, 6.07) is 9.88. The summed E-state index contributed by atoms with van der Waals surface area (Å²) < 4.78 is 9.71. The van der Waals surface area contributed by atoms with Crippen LogP contribution in [-0.4, -0.2) is 11.2 Å². The van der Waals surface area contributed by atoms with Gasteiger partial charge in [0, 0.05) is 0 Å². The molecule has 0 bridgehead atoms. The smallest absolute Gasteiger partial charge is 0.243 e. The summed E-state index contributed by atoms with van der Waals surface area (Å²) in [7, 11) is 2.01. The van der Waals surface area contributed by atoms with Gasteiger partial charge >= 0.3 is 0 Å². The van der Waals surface area contributed by atoms with Crippen LogP contribution in [0.25, 0.3) is 0 Å². The molecule has 0 saturated heterocycles. The van der Waals surface area contributed by atoms with Gasteiger partial charge in [0.15, 0.2) is 0 Å². The van der Waals surface area contributed by atoms with Gasteiger partial charge in [-0.15, -0.1) is 0 Å². The van der Waals surface area contributed by atoms with E-state index in [4.69, 9.17) is 4.74 Å². The number of nitrogens with zero attached hydrogens (tertiary/aromatic N) is 2. The van der Waals surface area contributed by atoms with E-state index in [2.05, 4.69) is 4.57 Å². The molecular formula is C12H15N2O+. The number of ether oxygens (including phenoxy) is 1. The molecule has 0 fully saturated rings. The zero-order chi connectivity index (χ0) is 10.5. The first-order chi connectivity index (χ1) is 7.34. The summed E-state index contributed by atoms with van der Waals surface area (Å²) in [4.78, 5) is 0. The largest absolute Gasteiger partial charge is 0.489 e. The number of imidazole rings is 1. The average Bonchev–Trinajstić information content (AvgIpc) is 2.66. The van der Waals surface area contributed by atoms with Crippen LogP contribution in [0.15, 0.2) is 49.1 Å². The molecule has 1 aromatic carbocycles. The minimum Gasteiger partial charge on any atom is -0.489 e. The van der Waals surface area contributed by atoms with Crippen molar-refractivity contribution in [1.82, 2.24) is 4.57 Å². The van der Waals surface area contributed by atoms with Crippen LogP contribution in [0.5, 0.6) is 5.75 Å². The van der Waals surface area contributed by atoms with Gasteiger partial charge < -0.3 is 4.74 Å². The number of para-hydroxylation sites is 1. The highest BCUT2D eigenvalue weighted by molar-refractivity contribution is 5.20. The molecule has 0 atom stereocenters. The molecule has 0 saturated carbocycles. The molecule has 0 aliphatic carbocycles. The molecule has 0 radical (unpaired) electrons. The second kappa shape index (κ2) is 4.64. The van der Waals surface area contributed by atoms with E-state index in [0.29, 0.717) is 6.61 Å². The zero-order valence-electron chi connectivity index (χ0n) is 8.84. The lowest BCUT2D eigenvalue weighted by atomic mass is 10.3. The molecule has 0 aliphatic rings. The Morgan fingerprint density at radius 1 is 1.27 bits per heavy atom. The van der Waals surface area contributed by atoms with Crippen molar-refractivity contribution < 1.29 is 9.30 Å². The van der Waals surface area contributed by atoms with Crippen LogP contribution in [0.4, 0.5) is 0 Å². The molecule has 78 valence electrons. The Kier molecular flexibility index (Phi) is 3.02. The van der Waals surface area contributed by atoms with Gasteiger partial charge in [0.2, 0.25) is 6.33 Å². The van der Waals surface area contributed by atoms with E-state index in [0.717, 1.165) is 12.3 Å². The SMILES string of the molecule is C[n+]1ccn(CCOc2ccccc2)c1. The van der Waals surface area contributed by atoms with Crippen LogP contribution in [0, 0.1) is 0 Å². The maximum atomic E-state index is 5.59. The van der Waals surface area contributed by atoms with Crippen LogP contribution in [0.1, 0.15) is 0 Å². The quantitative estimate of drug-likeness (QED) is 0.687. The number of aromatic nitrogens is 2. The molecule has 15 heavy (non-hydrogen) atoms. The molecule has 0 amide bonds. The van der Waals surface area contributed by atoms with Gasteiger partial charge in [-0.25, -0.2) is 9.13 Å². The predicted octanol–water partition coefficient (Wildman–Crippen LogP) is 1.39. The number of hydrogen-bond acceptors (Lipinski definition) is 1. The summed E-state index contributed by atoms with van der Waals surface area (Å²) in [5.74, 6) is 0.925. The van der Waals surface area contributed by atoms with Crippen molar-refractivity contribution in [2.24, 2.45) is 7.05 Å². The Morgan fingerprint density at radius 3 is 2.73 bits per heavy atom. The van der Waals surface area contributed by atoms with Gasteiger partial charge in [-0.2, -0.15) is 0 Å². The lowest BCUT2D eigenvalue weighted by Gasteiger charge is -2.03. The number of aryl methyl sites for hydroxylation is 1. The molecule has 1 heterocycles. The molecular weight excluding hydrogens is 188 g/mol. The van der Waals surface area contributed by atoms with E-state index < -0.39 is 0 Å². The van der Waals surface area contributed by atoms with Gasteiger partial charge in [-0.1, -0.05) is 18.2 Å². The minimum absolute atomic E-state index is 0.693. The predicted molar refractivity (Wildman–Crippen MR) is 57.5 cm³/mol. The molecule has 0 aliphatic heterocycles. The second-order valence-electron chi connectivity index (χ2n) is 3.48.